The van der Waals surface area contributed by atoms with Crippen LogP contribution in [0, 0.1) is 0 Å². The predicted octanol–water partition coefficient (Wildman–Crippen LogP) is -0.426. The van der Waals surface area contributed by atoms with Crippen LogP contribution in [0.3, 0.4) is 0 Å². The van der Waals surface area contributed by atoms with Crippen molar-refractivity contribution in [2.75, 3.05) is 7.05 Å². The van der Waals surface area contributed by atoms with Crippen LogP contribution in [-0.2, 0) is 9.59 Å². The quantitative estimate of drug-likeness (QED) is 0.547. The molecule has 0 spiro atoms. The van der Waals surface area contributed by atoms with Crippen molar-refractivity contribution in [3.63, 3.8) is 0 Å². The van der Waals surface area contributed by atoms with Gasteiger partial charge in [0.1, 0.15) is 0 Å². The number of rotatable bonds is 5. The van der Waals surface area contributed by atoms with Gasteiger partial charge in [0.25, 0.3) is 0 Å². The fourth-order valence-electron chi connectivity index (χ4n) is 0.886. The van der Waals surface area contributed by atoms with Gasteiger partial charge in [0.2, 0.25) is 5.91 Å². The molecule has 1 atom stereocenters. The molecule has 0 aliphatic carbocycles. The van der Waals surface area contributed by atoms with Crippen molar-refractivity contribution in [3.05, 3.63) is 0 Å². The zero-order valence-corrected chi connectivity index (χ0v) is 8.13. The molecule has 0 aromatic carbocycles. The first-order valence-corrected chi connectivity index (χ1v) is 4.16. The second-order valence-electron chi connectivity index (χ2n) is 3.10. The normalized spacial score (nSPS) is 12.6. The number of carboxylic acid groups (broad SMARTS) is 1. The van der Waals surface area contributed by atoms with Crippen LogP contribution in [0.4, 0.5) is 0 Å². The third-order valence-electron chi connectivity index (χ3n) is 1.47. The summed E-state index contributed by atoms with van der Waals surface area (Å²) in [5, 5.41) is 13.8. The van der Waals surface area contributed by atoms with E-state index >= 15 is 0 Å². The van der Waals surface area contributed by atoms with Gasteiger partial charge in [0.15, 0.2) is 0 Å². The highest BCUT2D eigenvalue weighted by Crippen LogP contribution is 1.92. The summed E-state index contributed by atoms with van der Waals surface area (Å²) in [7, 11) is 1.56. The molecule has 0 saturated heterocycles. The molecule has 0 aliphatic heterocycles. The number of nitrogens with one attached hydrogen (secondary N) is 2. The van der Waals surface area contributed by atoms with Crippen molar-refractivity contribution >= 4 is 11.9 Å². The Morgan fingerprint density at radius 1 is 1.38 bits per heavy atom. The minimum atomic E-state index is -0.988. The number of aliphatic carboxylic acids is 1. The Kier molecular flexibility index (Phi) is 5.06. The summed E-state index contributed by atoms with van der Waals surface area (Å²) in [5.41, 5.74) is 0. The molecule has 0 bridgehead atoms. The van der Waals surface area contributed by atoms with Crippen molar-refractivity contribution in [2.24, 2.45) is 0 Å². The van der Waals surface area contributed by atoms with Crippen molar-refractivity contribution in [1.29, 1.82) is 0 Å². The minimum absolute atomic E-state index is 0.0251. The summed E-state index contributed by atoms with van der Waals surface area (Å²) < 4.78 is 0. The lowest BCUT2D eigenvalue weighted by molar-refractivity contribution is -0.140. The Hall–Kier alpha value is -1.10. The fourth-order valence-corrected chi connectivity index (χ4v) is 0.886. The number of amides is 1. The van der Waals surface area contributed by atoms with Crippen LogP contribution in [-0.4, -0.2) is 36.1 Å². The van der Waals surface area contributed by atoms with E-state index in [-0.39, 0.29) is 18.4 Å². The highest BCUT2D eigenvalue weighted by atomic mass is 16.4. The predicted molar refractivity (Wildman–Crippen MR) is 48.4 cm³/mol. The number of hydrogen-bond donors (Lipinski definition) is 3. The molecule has 0 rings (SSSR count). The van der Waals surface area contributed by atoms with E-state index in [0.29, 0.717) is 0 Å². The van der Waals surface area contributed by atoms with E-state index in [2.05, 4.69) is 10.6 Å². The topological polar surface area (TPSA) is 78.4 Å². The average molecular weight is 188 g/mol. The molecule has 0 aromatic heterocycles. The largest absolute Gasteiger partial charge is 0.481 e. The molecule has 0 aromatic rings. The monoisotopic (exact) mass is 188 g/mol. The fraction of sp³-hybridized carbons (Fsp3) is 0.750. The Morgan fingerprint density at radius 3 is 2.23 bits per heavy atom. The Morgan fingerprint density at radius 2 is 1.92 bits per heavy atom. The van der Waals surface area contributed by atoms with Crippen molar-refractivity contribution in [1.82, 2.24) is 10.6 Å². The zero-order chi connectivity index (χ0) is 10.4. The molecule has 0 saturated carbocycles. The van der Waals surface area contributed by atoms with Gasteiger partial charge < -0.3 is 15.7 Å². The molecule has 0 heterocycles. The Balaban J connectivity index is 4.07. The molecule has 0 radical (unpaired) electrons. The summed E-state index contributed by atoms with van der Waals surface area (Å²) in [4.78, 5) is 21.6. The highest BCUT2D eigenvalue weighted by Gasteiger charge is 2.19. The summed E-state index contributed by atoms with van der Waals surface area (Å²) in [6.45, 7) is 3.65. The third-order valence-corrected chi connectivity index (χ3v) is 1.47. The zero-order valence-electron chi connectivity index (χ0n) is 8.13. The van der Waals surface area contributed by atoms with Crippen LogP contribution >= 0.6 is 0 Å². The van der Waals surface area contributed by atoms with E-state index in [1.807, 2.05) is 13.8 Å². The molecular formula is C8H16N2O3. The van der Waals surface area contributed by atoms with E-state index in [0.717, 1.165) is 0 Å². The van der Waals surface area contributed by atoms with Crippen molar-refractivity contribution in [2.45, 2.75) is 32.4 Å². The number of likely N-dealkylation sites (N-methyl/N-ethyl adjacent to an activating group) is 1. The highest BCUT2D eigenvalue weighted by molar-refractivity contribution is 5.86. The summed E-state index contributed by atoms with van der Waals surface area (Å²) in [6, 6.07) is -0.628. The van der Waals surface area contributed by atoms with Gasteiger partial charge in [0, 0.05) is 6.04 Å². The van der Waals surface area contributed by atoms with Crippen LogP contribution in [0.15, 0.2) is 0 Å². The smallest absolute Gasteiger partial charge is 0.305 e. The molecule has 0 fully saturated rings. The van der Waals surface area contributed by atoms with Crippen molar-refractivity contribution < 1.29 is 14.7 Å². The number of hydrogen-bond acceptors (Lipinski definition) is 3. The van der Waals surface area contributed by atoms with Gasteiger partial charge in [-0.1, -0.05) is 0 Å². The van der Waals surface area contributed by atoms with E-state index in [4.69, 9.17) is 5.11 Å². The first-order valence-electron chi connectivity index (χ1n) is 4.16. The maximum atomic E-state index is 11.3. The van der Waals surface area contributed by atoms with Gasteiger partial charge >= 0.3 is 5.97 Å². The standard InChI is InChI=1S/C8H16N2O3/c1-5(2)10-8(13)6(9-3)4-7(11)12/h5-6,9H,4H2,1-3H3,(H,10,13)(H,11,12). The Labute approximate surface area is 77.5 Å². The second kappa shape index (κ2) is 5.53. The van der Waals surface area contributed by atoms with Gasteiger partial charge in [-0.25, -0.2) is 0 Å². The summed E-state index contributed by atoms with van der Waals surface area (Å²) in [6.07, 6.45) is -0.199. The molecule has 1 amide bonds. The lowest BCUT2D eigenvalue weighted by atomic mass is 10.2. The number of carbonyl (C=O) groups is 2. The molecule has 3 N–H and O–H groups in total. The molecular weight excluding hydrogens is 172 g/mol. The molecule has 76 valence electrons. The minimum Gasteiger partial charge on any atom is -0.481 e. The SMILES string of the molecule is CNC(CC(=O)O)C(=O)NC(C)C. The third kappa shape index (κ3) is 5.19. The van der Waals surface area contributed by atoms with Gasteiger partial charge in [0.05, 0.1) is 12.5 Å². The lowest BCUT2D eigenvalue weighted by Gasteiger charge is -2.15. The first kappa shape index (κ1) is 11.9. The van der Waals surface area contributed by atoms with Gasteiger partial charge in [-0.15, -0.1) is 0 Å². The van der Waals surface area contributed by atoms with Crippen LogP contribution in [0.25, 0.3) is 0 Å². The first-order chi connectivity index (χ1) is 5.97. The number of carboxylic acids is 1. The van der Waals surface area contributed by atoms with Crippen LogP contribution in [0.5, 0.6) is 0 Å². The van der Waals surface area contributed by atoms with Crippen LogP contribution in [0.2, 0.25) is 0 Å². The maximum absolute atomic E-state index is 11.3. The second-order valence-corrected chi connectivity index (χ2v) is 3.10. The number of carbonyl (C=O) groups excluding carboxylic acids is 1. The molecule has 1 unspecified atom stereocenters. The van der Waals surface area contributed by atoms with E-state index < -0.39 is 12.0 Å². The van der Waals surface area contributed by atoms with Gasteiger partial charge in [-0.3, -0.25) is 9.59 Å². The summed E-state index contributed by atoms with van der Waals surface area (Å²) in [5.74, 6) is -1.27. The molecule has 5 nitrogen and oxygen atoms in total. The van der Waals surface area contributed by atoms with Crippen LogP contribution in [0.1, 0.15) is 20.3 Å². The van der Waals surface area contributed by atoms with Gasteiger partial charge in [-0.2, -0.15) is 0 Å². The van der Waals surface area contributed by atoms with Crippen LogP contribution < -0.4 is 10.6 Å². The van der Waals surface area contributed by atoms with E-state index in [9.17, 15) is 9.59 Å². The van der Waals surface area contributed by atoms with Crippen molar-refractivity contribution in [3.8, 4) is 0 Å². The summed E-state index contributed by atoms with van der Waals surface area (Å²) >= 11 is 0. The molecule has 0 aliphatic rings. The molecule has 5 heteroatoms. The average Bonchev–Trinajstić information content (AvgIpc) is 1.98. The van der Waals surface area contributed by atoms with Gasteiger partial charge in [-0.05, 0) is 20.9 Å². The van der Waals surface area contributed by atoms with E-state index in [1.54, 1.807) is 7.05 Å². The molecule has 13 heavy (non-hydrogen) atoms. The lowest BCUT2D eigenvalue weighted by Crippen LogP contribution is -2.46. The Bertz CT molecular complexity index is 192. The maximum Gasteiger partial charge on any atom is 0.305 e. The van der Waals surface area contributed by atoms with E-state index in [1.165, 1.54) is 0 Å².